The smallest absolute Gasteiger partial charge is 0.223 e. The molecule has 1 saturated heterocycles. The number of carbonyl (C=O) groups excluding carboxylic acids is 2. The van der Waals surface area contributed by atoms with Crippen molar-refractivity contribution >= 4 is 11.7 Å². The van der Waals surface area contributed by atoms with Crippen LogP contribution >= 0.6 is 0 Å². The Hall–Kier alpha value is -0.860. The molecule has 16 heavy (non-hydrogen) atoms. The SMILES string of the molecule is CC(C)(C)CCC(=O)N1CCC(=O)C1(C)C. The predicted octanol–water partition coefficient (Wildman–Crippen LogP) is 2.39. The lowest BCUT2D eigenvalue weighted by molar-refractivity contribution is -0.139. The van der Waals surface area contributed by atoms with Crippen LogP contribution in [-0.2, 0) is 9.59 Å². The van der Waals surface area contributed by atoms with Crippen molar-refractivity contribution in [3.05, 3.63) is 0 Å². The molecular formula is C13H23NO2. The summed E-state index contributed by atoms with van der Waals surface area (Å²) in [5, 5.41) is 0. The number of ketones is 1. The van der Waals surface area contributed by atoms with E-state index in [0.717, 1.165) is 6.42 Å². The molecule has 0 aromatic rings. The highest BCUT2D eigenvalue weighted by molar-refractivity contribution is 5.95. The Morgan fingerprint density at radius 2 is 1.94 bits per heavy atom. The molecule has 0 bridgehead atoms. The third-order valence-electron chi connectivity index (χ3n) is 3.31. The van der Waals surface area contributed by atoms with Gasteiger partial charge in [0.25, 0.3) is 0 Å². The van der Waals surface area contributed by atoms with E-state index in [4.69, 9.17) is 0 Å². The van der Waals surface area contributed by atoms with Crippen molar-refractivity contribution in [1.29, 1.82) is 0 Å². The predicted molar refractivity (Wildman–Crippen MR) is 64.1 cm³/mol. The van der Waals surface area contributed by atoms with Gasteiger partial charge < -0.3 is 4.90 Å². The highest BCUT2D eigenvalue weighted by atomic mass is 16.2. The van der Waals surface area contributed by atoms with E-state index in [0.29, 0.717) is 19.4 Å². The van der Waals surface area contributed by atoms with Crippen molar-refractivity contribution in [3.8, 4) is 0 Å². The van der Waals surface area contributed by atoms with Crippen LogP contribution in [0.5, 0.6) is 0 Å². The first-order valence-corrected chi connectivity index (χ1v) is 5.98. The molecule has 92 valence electrons. The molecule has 0 aromatic carbocycles. The van der Waals surface area contributed by atoms with Crippen molar-refractivity contribution in [2.75, 3.05) is 6.54 Å². The summed E-state index contributed by atoms with van der Waals surface area (Å²) in [5.41, 5.74) is -0.418. The zero-order chi connectivity index (χ0) is 12.6. The van der Waals surface area contributed by atoms with Crippen LogP contribution in [0.1, 0.15) is 53.9 Å². The van der Waals surface area contributed by atoms with Crippen LogP contribution < -0.4 is 0 Å². The van der Waals surface area contributed by atoms with Crippen molar-refractivity contribution in [3.63, 3.8) is 0 Å². The second-order valence-electron chi connectivity index (χ2n) is 6.34. The maximum absolute atomic E-state index is 12.0. The van der Waals surface area contributed by atoms with Crippen molar-refractivity contribution in [1.82, 2.24) is 4.90 Å². The second kappa shape index (κ2) is 4.19. The van der Waals surface area contributed by atoms with E-state index in [9.17, 15) is 9.59 Å². The van der Waals surface area contributed by atoms with E-state index >= 15 is 0 Å². The second-order valence-corrected chi connectivity index (χ2v) is 6.34. The van der Waals surface area contributed by atoms with Gasteiger partial charge in [0.15, 0.2) is 5.78 Å². The van der Waals surface area contributed by atoms with Gasteiger partial charge in [-0.25, -0.2) is 0 Å². The Bertz CT molecular complexity index is 300. The Morgan fingerprint density at radius 3 is 2.31 bits per heavy atom. The summed E-state index contributed by atoms with van der Waals surface area (Å²) in [6.07, 6.45) is 1.92. The molecule has 1 aliphatic heterocycles. The van der Waals surface area contributed by atoms with E-state index in [-0.39, 0.29) is 17.1 Å². The molecule has 0 aliphatic carbocycles. The summed E-state index contributed by atoms with van der Waals surface area (Å²) in [6.45, 7) is 10.7. The minimum atomic E-state index is -0.588. The van der Waals surface area contributed by atoms with Crippen molar-refractivity contribution in [2.24, 2.45) is 5.41 Å². The first kappa shape index (κ1) is 13.2. The molecule has 1 aliphatic rings. The van der Waals surface area contributed by atoms with Gasteiger partial charge in [0.2, 0.25) is 5.91 Å². The molecule has 1 rings (SSSR count). The minimum absolute atomic E-state index is 0.116. The largest absolute Gasteiger partial charge is 0.330 e. The number of hydrogen-bond donors (Lipinski definition) is 0. The Kier molecular flexibility index (Phi) is 3.46. The zero-order valence-electron chi connectivity index (χ0n) is 11.1. The fourth-order valence-electron chi connectivity index (χ4n) is 2.00. The molecule has 0 saturated carbocycles. The van der Waals surface area contributed by atoms with Crippen LogP contribution in [0.15, 0.2) is 0 Å². The molecule has 0 N–H and O–H groups in total. The van der Waals surface area contributed by atoms with Gasteiger partial charge in [-0.3, -0.25) is 9.59 Å². The number of nitrogens with zero attached hydrogens (tertiary/aromatic N) is 1. The molecule has 1 fully saturated rings. The van der Waals surface area contributed by atoms with Gasteiger partial charge in [0, 0.05) is 19.4 Å². The number of amides is 1. The summed E-state index contributed by atoms with van der Waals surface area (Å²) in [7, 11) is 0. The first-order valence-electron chi connectivity index (χ1n) is 5.98. The first-order chi connectivity index (χ1) is 7.14. The van der Waals surface area contributed by atoms with E-state index in [1.54, 1.807) is 4.90 Å². The van der Waals surface area contributed by atoms with Crippen LogP contribution in [-0.4, -0.2) is 28.7 Å². The number of likely N-dealkylation sites (tertiary alicyclic amines) is 1. The van der Waals surface area contributed by atoms with Gasteiger partial charge in [-0.1, -0.05) is 20.8 Å². The monoisotopic (exact) mass is 225 g/mol. The summed E-state index contributed by atoms with van der Waals surface area (Å²) in [4.78, 5) is 25.4. The topological polar surface area (TPSA) is 37.4 Å². The molecule has 0 spiro atoms. The fraction of sp³-hybridized carbons (Fsp3) is 0.846. The van der Waals surface area contributed by atoms with Crippen LogP contribution in [0.3, 0.4) is 0 Å². The molecule has 0 aromatic heterocycles. The van der Waals surface area contributed by atoms with E-state index in [2.05, 4.69) is 20.8 Å². The fourth-order valence-corrected chi connectivity index (χ4v) is 2.00. The lowest BCUT2D eigenvalue weighted by Gasteiger charge is -2.31. The molecule has 3 nitrogen and oxygen atoms in total. The number of hydrogen-bond acceptors (Lipinski definition) is 2. The number of rotatable bonds is 2. The molecule has 1 heterocycles. The van der Waals surface area contributed by atoms with Crippen LogP contribution in [0, 0.1) is 5.41 Å². The van der Waals surface area contributed by atoms with Gasteiger partial charge in [-0.15, -0.1) is 0 Å². The van der Waals surface area contributed by atoms with Gasteiger partial charge in [0.1, 0.15) is 0 Å². The standard InChI is InChI=1S/C13H23NO2/c1-12(2,3)8-6-11(16)14-9-7-10(15)13(14,4)5/h6-9H2,1-5H3. The minimum Gasteiger partial charge on any atom is -0.330 e. The molecule has 0 unspecified atom stereocenters. The van der Waals surface area contributed by atoms with Gasteiger partial charge in [-0.2, -0.15) is 0 Å². The van der Waals surface area contributed by atoms with Crippen LogP contribution in [0.25, 0.3) is 0 Å². The highest BCUT2D eigenvalue weighted by Gasteiger charge is 2.42. The molecule has 1 amide bonds. The Labute approximate surface area is 98.2 Å². The third-order valence-corrected chi connectivity index (χ3v) is 3.31. The summed E-state index contributed by atoms with van der Waals surface area (Å²) < 4.78 is 0. The maximum atomic E-state index is 12.0. The quantitative estimate of drug-likeness (QED) is 0.723. The number of Topliss-reactive ketones (excluding diaryl/α,β-unsaturated/α-hetero) is 1. The van der Waals surface area contributed by atoms with Gasteiger partial charge >= 0.3 is 0 Å². The molecule has 0 radical (unpaired) electrons. The molecule has 0 atom stereocenters. The number of carbonyl (C=O) groups is 2. The normalized spacial score (nSPS) is 20.3. The zero-order valence-corrected chi connectivity index (χ0v) is 11.1. The third kappa shape index (κ3) is 2.83. The Morgan fingerprint density at radius 1 is 1.38 bits per heavy atom. The lowest BCUT2D eigenvalue weighted by atomic mass is 9.90. The summed E-state index contributed by atoms with van der Waals surface area (Å²) in [6, 6.07) is 0. The average molecular weight is 225 g/mol. The van der Waals surface area contributed by atoms with Crippen molar-refractivity contribution < 1.29 is 9.59 Å². The van der Waals surface area contributed by atoms with Gasteiger partial charge in [0.05, 0.1) is 5.54 Å². The van der Waals surface area contributed by atoms with E-state index in [1.165, 1.54) is 0 Å². The van der Waals surface area contributed by atoms with Crippen LogP contribution in [0.4, 0.5) is 0 Å². The summed E-state index contributed by atoms with van der Waals surface area (Å²) >= 11 is 0. The summed E-state index contributed by atoms with van der Waals surface area (Å²) in [5.74, 6) is 0.294. The maximum Gasteiger partial charge on any atom is 0.223 e. The molecular weight excluding hydrogens is 202 g/mol. The lowest BCUT2D eigenvalue weighted by Crippen LogP contribution is -2.46. The van der Waals surface area contributed by atoms with Crippen LogP contribution in [0.2, 0.25) is 0 Å². The Balaban J connectivity index is 2.59. The average Bonchev–Trinajstić information content (AvgIpc) is 2.37. The molecule has 3 heteroatoms. The van der Waals surface area contributed by atoms with Gasteiger partial charge in [-0.05, 0) is 25.7 Å². The van der Waals surface area contributed by atoms with E-state index < -0.39 is 5.54 Å². The van der Waals surface area contributed by atoms with E-state index in [1.807, 2.05) is 13.8 Å². The highest BCUT2D eigenvalue weighted by Crippen LogP contribution is 2.28. The van der Waals surface area contributed by atoms with Crippen molar-refractivity contribution in [2.45, 2.75) is 59.4 Å².